The third-order valence-electron chi connectivity index (χ3n) is 4.83. The van der Waals surface area contributed by atoms with Crippen LogP contribution in [0.15, 0.2) is 65.8 Å². The second-order valence-corrected chi connectivity index (χ2v) is 6.79. The number of aromatic amines is 1. The SMILES string of the molecule is Cc1c(-c2cccc3c(=O)[nH]ccc23)ccnc1C(=O)Nc1ccnc(C(F)(F)F)c1. The number of halogens is 3. The van der Waals surface area contributed by atoms with Gasteiger partial charge in [0.2, 0.25) is 0 Å². The third-order valence-corrected chi connectivity index (χ3v) is 4.83. The zero-order chi connectivity index (χ0) is 22.2. The molecule has 156 valence electrons. The Balaban J connectivity index is 1.73. The number of anilines is 1. The summed E-state index contributed by atoms with van der Waals surface area (Å²) in [6.07, 6.45) is -0.666. The number of hydrogen-bond acceptors (Lipinski definition) is 4. The van der Waals surface area contributed by atoms with E-state index in [2.05, 4.69) is 20.3 Å². The minimum absolute atomic E-state index is 0.0457. The molecule has 0 bridgehead atoms. The van der Waals surface area contributed by atoms with E-state index in [0.29, 0.717) is 21.9 Å². The number of carbonyl (C=O) groups excluding carboxylic acids is 1. The first kappa shape index (κ1) is 20.3. The minimum Gasteiger partial charge on any atom is -0.329 e. The van der Waals surface area contributed by atoms with E-state index >= 15 is 0 Å². The molecule has 2 N–H and O–H groups in total. The van der Waals surface area contributed by atoms with Crippen molar-refractivity contribution in [3.8, 4) is 11.1 Å². The van der Waals surface area contributed by atoms with E-state index in [-0.39, 0.29) is 16.9 Å². The maximum absolute atomic E-state index is 12.9. The average Bonchev–Trinajstić information content (AvgIpc) is 2.73. The minimum atomic E-state index is -4.62. The van der Waals surface area contributed by atoms with Gasteiger partial charge in [-0.3, -0.25) is 19.6 Å². The maximum Gasteiger partial charge on any atom is 0.433 e. The van der Waals surface area contributed by atoms with E-state index in [1.54, 1.807) is 37.4 Å². The van der Waals surface area contributed by atoms with Crippen LogP contribution in [0.4, 0.5) is 18.9 Å². The predicted molar refractivity (Wildman–Crippen MR) is 110 cm³/mol. The Labute approximate surface area is 173 Å². The number of alkyl halides is 3. The summed E-state index contributed by atoms with van der Waals surface area (Å²) in [6.45, 7) is 1.69. The van der Waals surface area contributed by atoms with Gasteiger partial charge in [-0.15, -0.1) is 0 Å². The van der Waals surface area contributed by atoms with Crippen LogP contribution in [0.25, 0.3) is 21.9 Å². The van der Waals surface area contributed by atoms with Gasteiger partial charge in [0.15, 0.2) is 0 Å². The molecule has 6 nitrogen and oxygen atoms in total. The second-order valence-electron chi connectivity index (χ2n) is 6.79. The largest absolute Gasteiger partial charge is 0.433 e. The highest BCUT2D eigenvalue weighted by Gasteiger charge is 2.32. The highest BCUT2D eigenvalue weighted by atomic mass is 19.4. The van der Waals surface area contributed by atoms with E-state index in [0.717, 1.165) is 17.8 Å². The molecule has 0 radical (unpaired) electrons. The molecular weight excluding hydrogens is 409 g/mol. The number of aromatic nitrogens is 3. The van der Waals surface area contributed by atoms with Crippen molar-refractivity contribution in [2.24, 2.45) is 0 Å². The summed E-state index contributed by atoms with van der Waals surface area (Å²) < 4.78 is 38.6. The highest BCUT2D eigenvalue weighted by molar-refractivity contribution is 6.06. The molecule has 0 unspecified atom stereocenters. The standard InChI is InChI=1S/C22H15F3N4O2/c1-12-14(15-3-2-4-17-16(15)7-10-28-20(17)30)6-9-27-19(12)21(31)29-13-5-8-26-18(11-13)22(23,24)25/h2-11H,1H3,(H,28,30)(H,26,29,31). The predicted octanol–water partition coefficient (Wildman–Crippen LogP) is 4.56. The average molecular weight is 424 g/mol. The summed E-state index contributed by atoms with van der Waals surface area (Å²) in [4.78, 5) is 34.9. The molecule has 4 aromatic rings. The van der Waals surface area contributed by atoms with Crippen LogP contribution in [0, 0.1) is 6.92 Å². The molecule has 0 aliphatic carbocycles. The van der Waals surface area contributed by atoms with Crippen molar-refractivity contribution >= 4 is 22.4 Å². The topological polar surface area (TPSA) is 87.7 Å². The smallest absolute Gasteiger partial charge is 0.329 e. The number of hydrogen-bond donors (Lipinski definition) is 2. The van der Waals surface area contributed by atoms with Gasteiger partial charge in [-0.05, 0) is 59.3 Å². The van der Waals surface area contributed by atoms with Gasteiger partial charge in [-0.2, -0.15) is 13.2 Å². The van der Waals surface area contributed by atoms with Gasteiger partial charge in [0.25, 0.3) is 11.5 Å². The number of fused-ring (bicyclic) bond motifs is 1. The number of nitrogens with zero attached hydrogens (tertiary/aromatic N) is 2. The molecule has 0 aliphatic rings. The third kappa shape index (κ3) is 3.89. The zero-order valence-corrected chi connectivity index (χ0v) is 16.1. The Morgan fingerprint density at radius 1 is 1.00 bits per heavy atom. The lowest BCUT2D eigenvalue weighted by atomic mass is 9.95. The molecule has 0 saturated carbocycles. The van der Waals surface area contributed by atoms with Gasteiger partial charge in [-0.1, -0.05) is 12.1 Å². The number of benzene rings is 1. The number of pyridine rings is 3. The Kier molecular flexibility index (Phi) is 5.02. The Hall–Kier alpha value is -4.01. The molecule has 4 rings (SSSR count). The first-order chi connectivity index (χ1) is 14.8. The van der Waals surface area contributed by atoms with Crippen LogP contribution in [0.2, 0.25) is 0 Å². The normalized spacial score (nSPS) is 11.5. The van der Waals surface area contributed by atoms with Crippen LogP contribution in [0.5, 0.6) is 0 Å². The number of carbonyl (C=O) groups is 1. The fourth-order valence-electron chi connectivity index (χ4n) is 3.37. The van der Waals surface area contributed by atoms with Crippen LogP contribution in [0.1, 0.15) is 21.7 Å². The van der Waals surface area contributed by atoms with Crippen LogP contribution < -0.4 is 10.9 Å². The molecular formula is C22H15F3N4O2. The fourth-order valence-corrected chi connectivity index (χ4v) is 3.37. The van der Waals surface area contributed by atoms with Crippen molar-refractivity contribution in [3.05, 3.63) is 88.4 Å². The van der Waals surface area contributed by atoms with Crippen molar-refractivity contribution in [1.82, 2.24) is 15.0 Å². The lowest BCUT2D eigenvalue weighted by molar-refractivity contribution is -0.141. The Morgan fingerprint density at radius 2 is 1.77 bits per heavy atom. The summed E-state index contributed by atoms with van der Waals surface area (Å²) >= 11 is 0. The van der Waals surface area contributed by atoms with E-state index in [1.165, 1.54) is 12.3 Å². The maximum atomic E-state index is 12.9. The highest BCUT2D eigenvalue weighted by Crippen LogP contribution is 2.31. The van der Waals surface area contributed by atoms with E-state index < -0.39 is 17.8 Å². The van der Waals surface area contributed by atoms with E-state index in [4.69, 9.17) is 0 Å². The van der Waals surface area contributed by atoms with Crippen LogP contribution in [-0.4, -0.2) is 20.9 Å². The molecule has 0 spiro atoms. The number of rotatable bonds is 3. The second kappa shape index (κ2) is 7.67. The Bertz CT molecular complexity index is 1360. The molecule has 0 atom stereocenters. The van der Waals surface area contributed by atoms with Gasteiger partial charge in [0, 0.05) is 29.7 Å². The van der Waals surface area contributed by atoms with Gasteiger partial charge in [0.05, 0.1) is 0 Å². The molecule has 0 aliphatic heterocycles. The van der Waals surface area contributed by atoms with Crippen LogP contribution >= 0.6 is 0 Å². The van der Waals surface area contributed by atoms with E-state index in [9.17, 15) is 22.8 Å². The first-order valence-corrected chi connectivity index (χ1v) is 9.16. The van der Waals surface area contributed by atoms with Gasteiger partial charge in [-0.25, -0.2) is 0 Å². The molecule has 1 amide bonds. The quantitative estimate of drug-likeness (QED) is 0.505. The van der Waals surface area contributed by atoms with Crippen LogP contribution in [0.3, 0.4) is 0 Å². The van der Waals surface area contributed by atoms with Crippen LogP contribution in [-0.2, 0) is 6.18 Å². The van der Waals surface area contributed by atoms with Gasteiger partial charge in [0.1, 0.15) is 11.4 Å². The number of amides is 1. The molecule has 3 heterocycles. The summed E-state index contributed by atoms with van der Waals surface area (Å²) in [5.74, 6) is -0.656. The van der Waals surface area contributed by atoms with Gasteiger partial charge < -0.3 is 10.3 Å². The zero-order valence-electron chi connectivity index (χ0n) is 16.1. The summed E-state index contributed by atoms with van der Waals surface area (Å²) in [6, 6.07) is 10.8. The number of H-pyrrole nitrogens is 1. The summed E-state index contributed by atoms with van der Waals surface area (Å²) in [7, 11) is 0. The number of nitrogens with one attached hydrogen (secondary N) is 2. The van der Waals surface area contributed by atoms with Crippen molar-refractivity contribution in [1.29, 1.82) is 0 Å². The molecule has 31 heavy (non-hydrogen) atoms. The van der Waals surface area contributed by atoms with Crippen molar-refractivity contribution < 1.29 is 18.0 Å². The monoisotopic (exact) mass is 424 g/mol. The summed E-state index contributed by atoms with van der Waals surface area (Å²) in [5.41, 5.74) is 0.619. The van der Waals surface area contributed by atoms with Gasteiger partial charge >= 0.3 is 6.18 Å². The Morgan fingerprint density at radius 3 is 2.55 bits per heavy atom. The lowest BCUT2D eigenvalue weighted by Gasteiger charge is -2.13. The molecule has 1 aromatic carbocycles. The fraction of sp³-hybridized carbons (Fsp3) is 0.0909. The first-order valence-electron chi connectivity index (χ1n) is 9.16. The summed E-state index contributed by atoms with van der Waals surface area (Å²) in [5, 5.41) is 3.64. The molecule has 9 heteroatoms. The van der Waals surface area contributed by atoms with E-state index in [1.807, 2.05) is 6.07 Å². The molecule has 0 saturated heterocycles. The van der Waals surface area contributed by atoms with Crippen molar-refractivity contribution in [2.45, 2.75) is 13.1 Å². The van der Waals surface area contributed by atoms with Crippen molar-refractivity contribution in [3.63, 3.8) is 0 Å². The molecule has 0 fully saturated rings. The lowest BCUT2D eigenvalue weighted by Crippen LogP contribution is -2.17. The van der Waals surface area contributed by atoms with Crippen molar-refractivity contribution in [2.75, 3.05) is 5.32 Å². The molecule has 3 aromatic heterocycles.